The third-order valence-corrected chi connectivity index (χ3v) is 2.45. The van der Waals surface area contributed by atoms with E-state index in [-0.39, 0.29) is 19.0 Å². The number of hydrogen-bond donors (Lipinski definition) is 1. The Labute approximate surface area is 100 Å². The molecule has 0 radical (unpaired) electrons. The molecule has 1 aromatic carbocycles. The fourth-order valence-electron chi connectivity index (χ4n) is 1.27. The molecule has 0 fully saturated rings. The monoisotopic (exact) mass is 236 g/mol. The third-order valence-electron chi connectivity index (χ3n) is 2.45. The molecule has 1 atom stereocenters. The van der Waals surface area contributed by atoms with Crippen LogP contribution in [0.1, 0.15) is 25.3 Å². The van der Waals surface area contributed by atoms with Crippen molar-refractivity contribution in [1.29, 1.82) is 0 Å². The number of hydrogen-bond acceptors (Lipinski definition) is 3. The Morgan fingerprint density at radius 2 is 1.94 bits per heavy atom. The summed E-state index contributed by atoms with van der Waals surface area (Å²) in [6.07, 6.45) is 0.448. The topological polar surface area (TPSA) is 63.6 Å². The van der Waals surface area contributed by atoms with E-state index in [1.807, 2.05) is 30.3 Å². The van der Waals surface area contributed by atoms with Gasteiger partial charge in [-0.3, -0.25) is 9.59 Å². The van der Waals surface area contributed by atoms with Crippen LogP contribution in [-0.4, -0.2) is 17.0 Å². The molecule has 0 bridgehead atoms. The van der Waals surface area contributed by atoms with Crippen LogP contribution in [0.4, 0.5) is 0 Å². The molecule has 0 aromatic heterocycles. The molecule has 0 saturated carbocycles. The van der Waals surface area contributed by atoms with Gasteiger partial charge in [0.05, 0.1) is 5.92 Å². The zero-order valence-corrected chi connectivity index (χ0v) is 9.76. The molecule has 0 aliphatic rings. The maximum Gasteiger partial charge on any atom is 0.306 e. The Morgan fingerprint density at radius 1 is 1.29 bits per heavy atom. The summed E-state index contributed by atoms with van der Waals surface area (Å²) in [4.78, 5) is 21.9. The number of benzene rings is 1. The molecule has 0 spiro atoms. The van der Waals surface area contributed by atoms with Crippen LogP contribution in [0, 0.1) is 5.92 Å². The van der Waals surface area contributed by atoms with Gasteiger partial charge in [-0.2, -0.15) is 0 Å². The van der Waals surface area contributed by atoms with Gasteiger partial charge < -0.3 is 9.84 Å². The lowest BCUT2D eigenvalue weighted by Gasteiger charge is -2.06. The fourth-order valence-corrected chi connectivity index (χ4v) is 1.27. The Bertz CT molecular complexity index is 372. The van der Waals surface area contributed by atoms with E-state index >= 15 is 0 Å². The predicted molar refractivity (Wildman–Crippen MR) is 62.3 cm³/mol. The van der Waals surface area contributed by atoms with Crippen LogP contribution in [-0.2, 0) is 20.9 Å². The van der Waals surface area contributed by atoms with Crippen LogP contribution < -0.4 is 0 Å². The largest absolute Gasteiger partial charge is 0.481 e. The quantitative estimate of drug-likeness (QED) is 0.769. The molecular weight excluding hydrogens is 220 g/mol. The van der Waals surface area contributed by atoms with E-state index in [0.717, 1.165) is 5.56 Å². The van der Waals surface area contributed by atoms with Gasteiger partial charge in [-0.05, 0) is 12.0 Å². The first-order valence-electron chi connectivity index (χ1n) is 5.52. The minimum atomic E-state index is -0.888. The lowest BCUT2D eigenvalue weighted by atomic mass is 10.1. The number of carboxylic acids is 1. The van der Waals surface area contributed by atoms with Crippen molar-refractivity contribution in [1.82, 2.24) is 0 Å². The van der Waals surface area contributed by atoms with Gasteiger partial charge in [0.2, 0.25) is 0 Å². The summed E-state index contributed by atoms with van der Waals surface area (Å²) in [5.41, 5.74) is 0.923. The Hall–Kier alpha value is -1.84. The standard InChI is InChI=1S/C13H16O4/c1-10(13(15)16)7-8-12(14)17-9-11-5-3-2-4-6-11/h2-6,10H,7-9H2,1H3,(H,15,16)/t10-/m0/s1. The van der Waals surface area contributed by atoms with E-state index in [1.165, 1.54) is 0 Å². The zero-order valence-electron chi connectivity index (χ0n) is 9.76. The van der Waals surface area contributed by atoms with Crippen molar-refractivity contribution in [3.63, 3.8) is 0 Å². The van der Waals surface area contributed by atoms with Crippen molar-refractivity contribution in [3.05, 3.63) is 35.9 Å². The minimum Gasteiger partial charge on any atom is -0.481 e. The third kappa shape index (κ3) is 5.15. The first kappa shape index (κ1) is 13.2. The molecule has 1 rings (SSSR count). The lowest BCUT2D eigenvalue weighted by Crippen LogP contribution is -2.12. The van der Waals surface area contributed by atoms with Crippen LogP contribution >= 0.6 is 0 Å². The first-order valence-corrected chi connectivity index (χ1v) is 5.52. The van der Waals surface area contributed by atoms with Crippen molar-refractivity contribution in [2.45, 2.75) is 26.4 Å². The molecule has 4 nitrogen and oxygen atoms in total. The molecule has 0 aliphatic carbocycles. The molecule has 0 unspecified atom stereocenters. The second kappa shape index (κ2) is 6.68. The number of carbonyl (C=O) groups excluding carboxylic acids is 1. The molecule has 92 valence electrons. The summed E-state index contributed by atoms with van der Waals surface area (Å²) in [7, 11) is 0. The predicted octanol–water partition coefficient (Wildman–Crippen LogP) is 2.23. The van der Waals surface area contributed by atoms with E-state index in [2.05, 4.69) is 0 Å². The number of carboxylic acid groups (broad SMARTS) is 1. The fraction of sp³-hybridized carbons (Fsp3) is 0.385. The first-order chi connectivity index (χ1) is 8.09. The van der Waals surface area contributed by atoms with E-state index in [0.29, 0.717) is 6.42 Å². The van der Waals surface area contributed by atoms with Crippen LogP contribution in [0.25, 0.3) is 0 Å². The normalized spacial score (nSPS) is 11.8. The van der Waals surface area contributed by atoms with Gasteiger partial charge in [0.1, 0.15) is 6.61 Å². The Morgan fingerprint density at radius 3 is 2.53 bits per heavy atom. The van der Waals surface area contributed by atoms with Crippen LogP contribution in [0.15, 0.2) is 30.3 Å². The number of rotatable bonds is 6. The Kier molecular flexibility index (Phi) is 5.20. The second-order valence-corrected chi connectivity index (χ2v) is 3.92. The molecule has 1 aromatic rings. The summed E-state index contributed by atoms with van der Waals surface area (Å²) < 4.78 is 5.03. The summed E-state index contributed by atoms with van der Waals surface area (Å²) in [5, 5.41) is 8.65. The van der Waals surface area contributed by atoms with Crippen LogP contribution in [0.2, 0.25) is 0 Å². The Balaban J connectivity index is 2.24. The van der Waals surface area contributed by atoms with Crippen molar-refractivity contribution >= 4 is 11.9 Å². The highest BCUT2D eigenvalue weighted by molar-refractivity contribution is 5.72. The molecule has 0 amide bonds. The number of aliphatic carboxylic acids is 1. The lowest BCUT2D eigenvalue weighted by molar-refractivity contribution is -0.146. The van der Waals surface area contributed by atoms with Gasteiger partial charge in [0.25, 0.3) is 0 Å². The van der Waals surface area contributed by atoms with Crippen molar-refractivity contribution < 1.29 is 19.4 Å². The highest BCUT2D eigenvalue weighted by atomic mass is 16.5. The molecule has 0 heterocycles. The van der Waals surface area contributed by atoms with E-state index in [4.69, 9.17) is 9.84 Å². The number of carbonyl (C=O) groups is 2. The van der Waals surface area contributed by atoms with Gasteiger partial charge in [-0.15, -0.1) is 0 Å². The van der Waals surface area contributed by atoms with Crippen molar-refractivity contribution in [3.8, 4) is 0 Å². The van der Waals surface area contributed by atoms with Crippen molar-refractivity contribution in [2.24, 2.45) is 5.92 Å². The highest BCUT2D eigenvalue weighted by Gasteiger charge is 2.13. The van der Waals surface area contributed by atoms with Crippen LogP contribution in [0.3, 0.4) is 0 Å². The van der Waals surface area contributed by atoms with Gasteiger partial charge in [0.15, 0.2) is 0 Å². The van der Waals surface area contributed by atoms with Gasteiger partial charge in [-0.1, -0.05) is 37.3 Å². The summed E-state index contributed by atoms with van der Waals surface area (Å²) in [6, 6.07) is 9.37. The van der Waals surface area contributed by atoms with Gasteiger partial charge in [-0.25, -0.2) is 0 Å². The maximum atomic E-state index is 11.3. The van der Waals surface area contributed by atoms with Crippen LogP contribution in [0.5, 0.6) is 0 Å². The average Bonchev–Trinajstić information content (AvgIpc) is 2.34. The average molecular weight is 236 g/mol. The summed E-state index contributed by atoms with van der Waals surface area (Å²) in [5.74, 6) is -1.76. The molecule has 4 heteroatoms. The molecule has 0 aliphatic heterocycles. The number of esters is 1. The molecular formula is C13H16O4. The molecule has 17 heavy (non-hydrogen) atoms. The zero-order chi connectivity index (χ0) is 12.7. The summed E-state index contributed by atoms with van der Waals surface area (Å²) in [6.45, 7) is 1.81. The molecule has 0 saturated heterocycles. The van der Waals surface area contributed by atoms with Gasteiger partial charge >= 0.3 is 11.9 Å². The maximum absolute atomic E-state index is 11.3. The minimum absolute atomic E-state index is 0.139. The van der Waals surface area contributed by atoms with Crippen molar-refractivity contribution in [2.75, 3.05) is 0 Å². The highest BCUT2D eigenvalue weighted by Crippen LogP contribution is 2.08. The van der Waals surface area contributed by atoms with E-state index < -0.39 is 11.9 Å². The molecule has 1 N–H and O–H groups in total. The summed E-state index contributed by atoms with van der Waals surface area (Å²) >= 11 is 0. The van der Waals surface area contributed by atoms with Gasteiger partial charge in [0, 0.05) is 6.42 Å². The van der Waals surface area contributed by atoms with E-state index in [9.17, 15) is 9.59 Å². The SMILES string of the molecule is C[C@@H](CCC(=O)OCc1ccccc1)C(=O)O. The smallest absolute Gasteiger partial charge is 0.306 e. The van der Waals surface area contributed by atoms with E-state index in [1.54, 1.807) is 6.92 Å². The second-order valence-electron chi connectivity index (χ2n) is 3.92. The number of ether oxygens (including phenoxy) is 1.